The number of nitrogens with one attached hydrogen (secondary N) is 1. The van der Waals surface area contributed by atoms with Crippen LogP contribution < -0.4 is 10.1 Å². The number of piperidine rings is 1. The highest BCUT2D eigenvalue weighted by Gasteiger charge is 2.57. The van der Waals surface area contributed by atoms with Gasteiger partial charge in [0.15, 0.2) is 0 Å². The Labute approximate surface area is 557 Å². The molecule has 1 saturated carbocycles. The van der Waals surface area contributed by atoms with Gasteiger partial charge in [0.2, 0.25) is 21.7 Å². The number of allylic oxidation sites excluding steroid dienone is 5. The summed E-state index contributed by atoms with van der Waals surface area (Å²) in [5.74, 6) is -10.4. The molecule has 22 heteroatoms. The highest BCUT2D eigenvalue weighted by molar-refractivity contribution is 7.89. The summed E-state index contributed by atoms with van der Waals surface area (Å²) in [6.45, 7) is 13.9. The van der Waals surface area contributed by atoms with Crippen molar-refractivity contribution < 1.29 is 86.4 Å². The molecule has 0 aromatic heterocycles. The first-order valence-electron chi connectivity index (χ1n) is 33.7. The van der Waals surface area contributed by atoms with Crippen LogP contribution in [0.5, 0.6) is 5.75 Å². The number of nitrogens with zero attached hydrogens (tertiary/aromatic N) is 2. The van der Waals surface area contributed by atoms with E-state index in [0.717, 1.165) is 16.0 Å². The number of cyclic esters (lactones) is 1. The molecule has 17 atom stereocenters. The third-order valence-electron chi connectivity index (χ3n) is 19.4. The highest BCUT2D eigenvalue weighted by Crippen LogP contribution is 2.40. The zero-order valence-corrected chi connectivity index (χ0v) is 57.9. The average Bonchev–Trinajstić information content (AvgIpc) is 0.776. The Morgan fingerprint density at radius 2 is 1.55 bits per heavy atom. The van der Waals surface area contributed by atoms with Gasteiger partial charge in [-0.05, 0) is 144 Å². The molecule has 524 valence electrons. The number of benzene rings is 2. The van der Waals surface area contributed by atoms with E-state index in [0.29, 0.717) is 56.3 Å². The number of sulfonamides is 1. The number of esters is 1. The highest BCUT2D eigenvalue weighted by atomic mass is 32.2. The van der Waals surface area contributed by atoms with E-state index >= 15 is 0 Å². The molecule has 2 bridgehead atoms. The van der Waals surface area contributed by atoms with Crippen LogP contribution in [0.25, 0.3) is 0 Å². The Morgan fingerprint density at radius 1 is 0.872 bits per heavy atom. The summed E-state index contributed by atoms with van der Waals surface area (Å²) in [4.78, 5) is 87.2. The second-order valence-electron chi connectivity index (χ2n) is 27.6. The number of carbonyl (C=O) groups excluding carboxylic acids is 6. The molecule has 6 N–H and O–H groups in total. The van der Waals surface area contributed by atoms with E-state index in [-0.39, 0.29) is 118 Å². The summed E-state index contributed by atoms with van der Waals surface area (Å²) in [7, 11) is 0.375. The number of ether oxygens (including phenoxy) is 5. The summed E-state index contributed by atoms with van der Waals surface area (Å²) in [6.07, 6.45) is 4.32. The number of carbonyl (C=O) groups is 6. The first-order valence-corrected chi connectivity index (χ1v) is 35.2. The third kappa shape index (κ3) is 21.0. The van der Waals surface area contributed by atoms with Gasteiger partial charge in [0.25, 0.3) is 11.7 Å². The van der Waals surface area contributed by atoms with E-state index in [4.69, 9.17) is 23.7 Å². The Morgan fingerprint density at radius 3 is 2.20 bits per heavy atom. The monoisotopic (exact) mass is 1330 g/mol. The standard InChI is InChI=1S/C72H107N3O18S/c1-44(2)41-74(94(87,88)57-28-26-56(89-9)27-29-57)42-63(81)58(39-51-20-14-12-15-21-51)73-69(83)48(6)36-55(77)23-17-13-16-22-53-33-45(3)32-46(4)34-64(90-10)67-65(91-11)37-49(7)72(86,93-67)68(82)70(84)75-31-19-18-24-59(75)71(85)92-66(50(8)61(79)40-62(53)80)47(5)35-52-25-30-60(78)54(38-52)43-76/h12-16,20-21,26-29,33,35,44,46,48-50,52-54,58-61,63-67,76,78-79,81,86H,17-19,22-25,30-32,34,36-43H2,1-11H3,(H,73,83)/b16-13+,45-33+,47-35+/t46-,48?,49+,50+,52-,53+,54-,58-,59-,60+,61-,63+,64-,65-,66+,67+,72+/m0/s1. The normalized spacial score (nSPS) is 30.8. The summed E-state index contributed by atoms with van der Waals surface area (Å²) in [6, 6.07) is 13.0. The van der Waals surface area contributed by atoms with Gasteiger partial charge in [-0.3, -0.25) is 24.0 Å². The zero-order chi connectivity index (χ0) is 69.2. The maximum absolute atomic E-state index is 14.8. The Bertz CT molecular complexity index is 3030. The van der Waals surface area contributed by atoms with Gasteiger partial charge in [0.05, 0.1) is 48.6 Å². The molecule has 94 heavy (non-hydrogen) atoms. The molecular formula is C72H107N3O18S. The molecule has 2 aromatic carbocycles. The van der Waals surface area contributed by atoms with Crippen molar-refractivity contribution in [2.45, 2.75) is 217 Å². The van der Waals surface area contributed by atoms with Crippen LogP contribution in [0.15, 0.2) is 94.9 Å². The summed E-state index contributed by atoms with van der Waals surface area (Å²) < 4.78 is 59.1. The molecule has 6 rings (SSSR count). The van der Waals surface area contributed by atoms with Crippen LogP contribution in [0.1, 0.15) is 151 Å². The number of Topliss-reactive ketones (excluding diaryl/α,β-unsaturated/α-hetero) is 3. The maximum Gasteiger partial charge on any atom is 0.329 e. The van der Waals surface area contributed by atoms with Gasteiger partial charge in [-0.25, -0.2) is 13.2 Å². The fraction of sp³-hybridized carbons (Fsp3) is 0.667. The van der Waals surface area contributed by atoms with E-state index in [1.165, 1.54) is 37.8 Å². The van der Waals surface area contributed by atoms with Crippen LogP contribution in [0, 0.1) is 47.3 Å². The fourth-order valence-corrected chi connectivity index (χ4v) is 15.5. The van der Waals surface area contributed by atoms with Crippen molar-refractivity contribution in [2.24, 2.45) is 47.3 Å². The maximum atomic E-state index is 14.8. The second kappa shape index (κ2) is 36.2. The van der Waals surface area contributed by atoms with Crippen molar-refractivity contribution in [2.75, 3.05) is 47.6 Å². The number of fused-ring (bicyclic) bond motifs is 3. The predicted molar refractivity (Wildman–Crippen MR) is 354 cm³/mol. The van der Waals surface area contributed by atoms with Crippen LogP contribution in [0.3, 0.4) is 0 Å². The van der Waals surface area contributed by atoms with Crippen LogP contribution in [0.4, 0.5) is 0 Å². The number of hydrogen-bond donors (Lipinski definition) is 6. The lowest BCUT2D eigenvalue weighted by Gasteiger charge is -2.47. The van der Waals surface area contributed by atoms with Crippen LogP contribution in [0.2, 0.25) is 0 Å². The van der Waals surface area contributed by atoms with Gasteiger partial charge in [-0.2, -0.15) is 4.31 Å². The molecule has 1 unspecified atom stereocenters. The smallest absolute Gasteiger partial charge is 0.329 e. The largest absolute Gasteiger partial charge is 0.497 e. The number of aliphatic hydroxyl groups excluding tert-OH is 4. The molecule has 2 amide bonds. The first-order chi connectivity index (χ1) is 44.5. The number of aliphatic hydroxyl groups is 5. The molecule has 2 aromatic rings. The number of methoxy groups -OCH3 is 3. The molecule has 1 aliphatic carbocycles. The molecule has 21 nitrogen and oxygen atoms in total. The molecule has 2 saturated heterocycles. The van der Waals surface area contributed by atoms with Crippen molar-refractivity contribution >= 4 is 45.2 Å². The Hall–Kier alpha value is -5.53. The van der Waals surface area contributed by atoms with Crippen molar-refractivity contribution in [3.05, 3.63) is 95.6 Å². The summed E-state index contributed by atoms with van der Waals surface area (Å²) >= 11 is 0. The minimum absolute atomic E-state index is 0.0156. The van der Waals surface area contributed by atoms with E-state index in [2.05, 4.69) is 5.32 Å². The molecule has 0 radical (unpaired) electrons. The van der Waals surface area contributed by atoms with Crippen molar-refractivity contribution in [3.63, 3.8) is 0 Å². The minimum atomic E-state index is -4.09. The number of hydrogen-bond acceptors (Lipinski definition) is 18. The van der Waals surface area contributed by atoms with Crippen molar-refractivity contribution in [1.82, 2.24) is 14.5 Å². The van der Waals surface area contributed by atoms with Crippen LogP contribution >= 0.6 is 0 Å². The van der Waals surface area contributed by atoms with E-state index in [9.17, 15) is 62.7 Å². The SMILES string of the molecule is COc1ccc(S(=O)(=O)N(CC(C)C)C[C@@H](O)[C@H](Cc2ccccc2)NC(=O)C(C)CC(=O)CC/C=C/C[C@@H]2/C=C(\C)C[C@H](C)C[C@H](OC)[C@H]3O[C@@](O)(C(=O)C(=O)N4CCCC[C@H]4C(=O)O[C@H](/C(C)=C/[C@@H]4CC[C@@H](O)[C@H](CO)C4)[C@H](C)[C@@H](O)CC2=O)[C@H](C)C[C@@H]3OC)cc1. The lowest BCUT2D eigenvalue weighted by molar-refractivity contribution is -0.302. The van der Waals surface area contributed by atoms with E-state index in [1.807, 2.05) is 76.3 Å². The van der Waals surface area contributed by atoms with Gasteiger partial charge < -0.3 is 59.4 Å². The molecule has 3 aliphatic heterocycles. The molecule has 4 aliphatic rings. The molecule has 0 spiro atoms. The third-order valence-corrected chi connectivity index (χ3v) is 21.3. The number of rotatable bonds is 24. The molecule has 3 fully saturated rings. The van der Waals surface area contributed by atoms with Gasteiger partial charge >= 0.3 is 5.97 Å². The quantitative estimate of drug-likeness (QED) is 0.0338. The predicted octanol–water partition coefficient (Wildman–Crippen LogP) is 7.42. The Balaban J connectivity index is 1.21. The fourth-order valence-electron chi connectivity index (χ4n) is 13.9. The van der Waals surface area contributed by atoms with Crippen molar-refractivity contribution in [1.29, 1.82) is 0 Å². The lowest BCUT2D eigenvalue weighted by Crippen LogP contribution is -2.64. The summed E-state index contributed by atoms with van der Waals surface area (Å²) in [5, 5.41) is 59.9. The van der Waals surface area contributed by atoms with Crippen LogP contribution in [-0.4, -0.2) is 186 Å². The number of amides is 2. The minimum Gasteiger partial charge on any atom is -0.497 e. The van der Waals surface area contributed by atoms with Crippen LogP contribution in [-0.2, 0) is 64.2 Å². The van der Waals surface area contributed by atoms with Gasteiger partial charge in [-0.1, -0.05) is 102 Å². The summed E-state index contributed by atoms with van der Waals surface area (Å²) in [5.41, 5.74) is 2.19. The number of ketones is 3. The van der Waals surface area contributed by atoms with Gasteiger partial charge in [-0.15, -0.1) is 0 Å². The average molecular weight is 1330 g/mol. The topological polar surface area (TPSA) is 302 Å². The van der Waals surface area contributed by atoms with E-state index in [1.54, 1.807) is 45.9 Å². The molecule has 3 heterocycles. The second-order valence-corrected chi connectivity index (χ2v) is 29.5. The zero-order valence-electron chi connectivity index (χ0n) is 57.1. The van der Waals surface area contributed by atoms with Crippen molar-refractivity contribution in [3.8, 4) is 5.75 Å². The van der Waals surface area contributed by atoms with Gasteiger partial charge in [0.1, 0.15) is 35.6 Å². The first kappa shape index (κ1) is 77.5. The van der Waals surface area contributed by atoms with E-state index < -0.39 is 118 Å². The lowest BCUT2D eigenvalue weighted by atomic mass is 9.78. The molecular weight excluding hydrogens is 1230 g/mol. The van der Waals surface area contributed by atoms with Gasteiger partial charge in [0, 0.05) is 89.3 Å². The Kier molecular flexibility index (Phi) is 29.8.